The van der Waals surface area contributed by atoms with Crippen molar-refractivity contribution in [2.24, 2.45) is 0 Å². The second kappa shape index (κ2) is 15.9. The maximum absolute atomic E-state index is 11.8. The molecule has 0 aromatic carbocycles. The van der Waals surface area contributed by atoms with Crippen LogP contribution in [0.1, 0.15) is 124 Å². The Balaban J connectivity index is 3.32. The minimum atomic E-state index is -0.0904. The molecule has 3 heteroatoms. The Bertz CT molecular complexity index is 344. The van der Waals surface area contributed by atoms with Crippen LogP contribution < -0.4 is 0 Å². The molecule has 0 aliphatic heterocycles. The maximum atomic E-state index is 11.8. The molecule has 0 rings (SSSR count). The van der Waals surface area contributed by atoms with E-state index in [1.54, 1.807) is 0 Å². The summed E-state index contributed by atoms with van der Waals surface area (Å²) in [4.78, 5) is 23.6. The number of hydrogen-bond donors (Lipinski definition) is 0. The van der Waals surface area contributed by atoms with Gasteiger partial charge in [-0.25, -0.2) is 0 Å². The standard InChI is InChI=1S/C22H42O2S/c1-5-6-7-8-9-10-11-12-13-14-15-16-17-18-20(23)19-21(24)25-22(2,3)4/h5-19H2,1-4H3. The fourth-order valence-corrected chi connectivity index (χ4v) is 3.88. The lowest BCUT2D eigenvalue weighted by atomic mass is 10.0. The van der Waals surface area contributed by atoms with Gasteiger partial charge >= 0.3 is 0 Å². The third-order valence-corrected chi connectivity index (χ3v) is 5.31. The molecule has 0 saturated carbocycles. The van der Waals surface area contributed by atoms with Gasteiger partial charge in [-0.1, -0.05) is 117 Å². The Morgan fingerprint density at radius 3 is 1.48 bits per heavy atom. The minimum Gasteiger partial charge on any atom is -0.299 e. The van der Waals surface area contributed by atoms with Crippen LogP contribution in [0.4, 0.5) is 0 Å². The lowest BCUT2D eigenvalue weighted by molar-refractivity contribution is -0.123. The summed E-state index contributed by atoms with van der Waals surface area (Å²) in [7, 11) is 0. The predicted molar refractivity (Wildman–Crippen MR) is 112 cm³/mol. The molecule has 25 heavy (non-hydrogen) atoms. The van der Waals surface area contributed by atoms with Crippen LogP contribution in [0.2, 0.25) is 0 Å². The molecule has 0 fully saturated rings. The normalized spacial score (nSPS) is 11.7. The van der Waals surface area contributed by atoms with Crippen molar-refractivity contribution in [3.8, 4) is 0 Å². The molecule has 0 aliphatic carbocycles. The van der Waals surface area contributed by atoms with Gasteiger partial charge in [0.15, 0.2) is 5.12 Å². The molecular weight excluding hydrogens is 328 g/mol. The van der Waals surface area contributed by atoms with E-state index in [9.17, 15) is 9.59 Å². The van der Waals surface area contributed by atoms with Gasteiger partial charge in [0.1, 0.15) is 5.78 Å². The molecular formula is C22H42O2S. The lowest BCUT2D eigenvalue weighted by Crippen LogP contribution is -2.14. The Kier molecular flexibility index (Phi) is 15.7. The molecule has 0 heterocycles. The number of carbonyl (C=O) groups is 2. The molecule has 0 amide bonds. The van der Waals surface area contributed by atoms with Crippen LogP contribution >= 0.6 is 11.8 Å². The van der Waals surface area contributed by atoms with E-state index < -0.39 is 0 Å². The largest absolute Gasteiger partial charge is 0.299 e. The summed E-state index contributed by atoms with van der Waals surface area (Å²) in [5.74, 6) is 0.116. The predicted octanol–water partition coefficient (Wildman–Crippen LogP) is 7.49. The van der Waals surface area contributed by atoms with Gasteiger partial charge in [-0.3, -0.25) is 9.59 Å². The van der Waals surface area contributed by atoms with Gasteiger partial charge in [0.05, 0.1) is 6.42 Å². The molecule has 0 aliphatic rings. The smallest absolute Gasteiger partial charge is 0.196 e. The Labute approximate surface area is 161 Å². The van der Waals surface area contributed by atoms with Crippen LogP contribution in [0.25, 0.3) is 0 Å². The van der Waals surface area contributed by atoms with E-state index in [0.29, 0.717) is 6.42 Å². The first kappa shape index (κ1) is 24.7. The lowest BCUT2D eigenvalue weighted by Gasteiger charge is -2.15. The van der Waals surface area contributed by atoms with E-state index in [0.717, 1.165) is 12.8 Å². The number of rotatable bonds is 16. The van der Waals surface area contributed by atoms with E-state index >= 15 is 0 Å². The van der Waals surface area contributed by atoms with E-state index in [-0.39, 0.29) is 22.1 Å². The minimum absolute atomic E-state index is 0.0206. The summed E-state index contributed by atoms with van der Waals surface area (Å²) in [5, 5.41) is 0.0206. The van der Waals surface area contributed by atoms with Gasteiger partial charge in [0.2, 0.25) is 0 Å². The summed E-state index contributed by atoms with van der Waals surface area (Å²) in [6.07, 6.45) is 17.7. The van der Waals surface area contributed by atoms with Crippen molar-refractivity contribution in [3.63, 3.8) is 0 Å². The number of Topliss-reactive ketones (excluding diaryl/α,β-unsaturated/α-hetero) is 1. The quantitative estimate of drug-likeness (QED) is 0.208. The molecule has 0 aromatic heterocycles. The Morgan fingerprint density at radius 2 is 1.08 bits per heavy atom. The van der Waals surface area contributed by atoms with Crippen molar-refractivity contribution in [2.45, 2.75) is 129 Å². The average Bonchev–Trinajstić information content (AvgIpc) is 2.49. The highest BCUT2D eigenvalue weighted by molar-refractivity contribution is 8.14. The molecule has 2 nitrogen and oxygen atoms in total. The average molecular weight is 371 g/mol. The fourth-order valence-electron chi connectivity index (χ4n) is 2.97. The zero-order valence-corrected chi connectivity index (χ0v) is 18.1. The Morgan fingerprint density at radius 1 is 0.680 bits per heavy atom. The van der Waals surface area contributed by atoms with E-state index in [1.807, 2.05) is 20.8 Å². The molecule has 148 valence electrons. The van der Waals surface area contributed by atoms with Crippen LogP contribution in [0.3, 0.4) is 0 Å². The van der Waals surface area contributed by atoms with E-state index in [2.05, 4.69) is 6.92 Å². The van der Waals surface area contributed by atoms with Gasteiger partial charge < -0.3 is 0 Å². The topological polar surface area (TPSA) is 34.1 Å². The molecule has 0 N–H and O–H groups in total. The molecule has 0 aromatic rings. The number of hydrogen-bond acceptors (Lipinski definition) is 3. The first-order valence-corrected chi connectivity index (χ1v) is 11.4. The van der Waals surface area contributed by atoms with Crippen molar-refractivity contribution < 1.29 is 9.59 Å². The van der Waals surface area contributed by atoms with Gasteiger partial charge in [0, 0.05) is 11.2 Å². The van der Waals surface area contributed by atoms with Crippen molar-refractivity contribution >= 4 is 22.7 Å². The molecule has 0 saturated heterocycles. The summed E-state index contributed by atoms with van der Waals surface area (Å²) >= 11 is 1.29. The van der Waals surface area contributed by atoms with Crippen molar-refractivity contribution in [2.75, 3.05) is 0 Å². The third-order valence-electron chi connectivity index (χ3n) is 4.32. The molecule has 0 unspecified atom stereocenters. The van der Waals surface area contributed by atoms with Crippen LogP contribution in [0.15, 0.2) is 0 Å². The van der Waals surface area contributed by atoms with E-state index in [4.69, 9.17) is 0 Å². The SMILES string of the molecule is CCCCCCCCCCCCCCCC(=O)CC(=O)SC(C)(C)C. The molecule has 0 bridgehead atoms. The first-order chi connectivity index (χ1) is 11.8. The van der Waals surface area contributed by atoms with Gasteiger partial charge in [-0.15, -0.1) is 0 Å². The van der Waals surface area contributed by atoms with Crippen LogP contribution in [0, 0.1) is 0 Å². The summed E-state index contributed by atoms with van der Waals surface area (Å²) in [5.41, 5.74) is 0. The highest BCUT2D eigenvalue weighted by Gasteiger charge is 2.18. The molecule has 0 spiro atoms. The number of ketones is 1. The number of carbonyl (C=O) groups excluding carboxylic acids is 2. The zero-order chi connectivity index (χ0) is 19.0. The zero-order valence-electron chi connectivity index (χ0n) is 17.3. The van der Waals surface area contributed by atoms with Crippen molar-refractivity contribution in [1.82, 2.24) is 0 Å². The van der Waals surface area contributed by atoms with E-state index in [1.165, 1.54) is 82.4 Å². The first-order valence-electron chi connectivity index (χ1n) is 10.6. The molecule has 0 radical (unpaired) electrons. The maximum Gasteiger partial charge on any atom is 0.196 e. The summed E-state index contributed by atoms with van der Waals surface area (Å²) in [6.45, 7) is 8.28. The highest BCUT2D eigenvalue weighted by atomic mass is 32.2. The Hall–Kier alpha value is -0.310. The highest BCUT2D eigenvalue weighted by Crippen LogP contribution is 2.25. The van der Waals surface area contributed by atoms with Gasteiger partial charge in [-0.05, 0) is 6.42 Å². The van der Waals surface area contributed by atoms with Gasteiger partial charge in [-0.2, -0.15) is 0 Å². The second-order valence-corrected chi connectivity index (χ2v) is 10.2. The number of thioether (sulfide) groups is 1. The summed E-state index contributed by atoms with van der Waals surface area (Å²) in [6, 6.07) is 0. The fraction of sp³-hybridized carbons (Fsp3) is 0.909. The van der Waals surface area contributed by atoms with Crippen LogP contribution in [0.5, 0.6) is 0 Å². The third kappa shape index (κ3) is 19.9. The monoisotopic (exact) mass is 370 g/mol. The van der Waals surface area contributed by atoms with Crippen LogP contribution in [-0.2, 0) is 9.59 Å². The number of unbranched alkanes of at least 4 members (excludes halogenated alkanes) is 12. The summed E-state index contributed by atoms with van der Waals surface area (Å²) < 4.78 is -0.0904. The van der Waals surface area contributed by atoms with Crippen molar-refractivity contribution in [1.29, 1.82) is 0 Å². The second-order valence-electron chi connectivity index (χ2n) is 8.29. The van der Waals surface area contributed by atoms with Crippen molar-refractivity contribution in [3.05, 3.63) is 0 Å². The van der Waals surface area contributed by atoms with Gasteiger partial charge in [0.25, 0.3) is 0 Å². The molecule has 0 atom stereocenters. The van der Waals surface area contributed by atoms with Crippen LogP contribution in [-0.4, -0.2) is 15.6 Å².